The summed E-state index contributed by atoms with van der Waals surface area (Å²) in [7, 11) is 0. The van der Waals surface area contributed by atoms with Gasteiger partial charge < -0.3 is 16.6 Å². The third-order valence-electron chi connectivity index (χ3n) is 3.26. The van der Waals surface area contributed by atoms with Crippen LogP contribution >= 0.6 is 0 Å². The van der Waals surface area contributed by atoms with Crippen molar-refractivity contribution in [3.05, 3.63) is 35.4 Å². The largest absolute Gasteiger partial charge is 0.481 e. The number of aliphatic carboxylic acids is 1. The highest BCUT2D eigenvalue weighted by Gasteiger charge is 2.16. The van der Waals surface area contributed by atoms with E-state index in [9.17, 15) is 4.79 Å². The van der Waals surface area contributed by atoms with Crippen molar-refractivity contribution in [2.24, 2.45) is 17.4 Å². The van der Waals surface area contributed by atoms with Gasteiger partial charge in [-0.05, 0) is 56.3 Å². The van der Waals surface area contributed by atoms with Crippen molar-refractivity contribution in [2.75, 3.05) is 13.1 Å². The lowest BCUT2D eigenvalue weighted by atomic mass is 9.94. The van der Waals surface area contributed by atoms with Crippen LogP contribution in [-0.2, 0) is 17.6 Å². The number of hydrogen-bond donors (Lipinski definition) is 3. The van der Waals surface area contributed by atoms with Crippen molar-refractivity contribution in [1.82, 2.24) is 0 Å². The van der Waals surface area contributed by atoms with E-state index < -0.39 is 5.97 Å². The van der Waals surface area contributed by atoms with Crippen LogP contribution in [0.5, 0.6) is 0 Å². The average molecular weight is 264 g/mol. The minimum absolute atomic E-state index is 0.385. The van der Waals surface area contributed by atoms with Crippen molar-refractivity contribution in [3.63, 3.8) is 0 Å². The van der Waals surface area contributed by atoms with Gasteiger partial charge in [0.05, 0.1) is 5.92 Å². The molecule has 0 fully saturated rings. The fourth-order valence-corrected chi connectivity index (χ4v) is 2.18. The van der Waals surface area contributed by atoms with Crippen molar-refractivity contribution in [1.29, 1.82) is 0 Å². The summed E-state index contributed by atoms with van der Waals surface area (Å²) in [6.45, 7) is 1.13. The molecule has 0 spiro atoms. The predicted molar refractivity (Wildman–Crippen MR) is 76.9 cm³/mol. The van der Waals surface area contributed by atoms with Gasteiger partial charge in [-0.15, -0.1) is 0 Å². The number of unbranched alkanes of at least 4 members (excludes halogenated alkanes) is 1. The van der Waals surface area contributed by atoms with E-state index in [1.54, 1.807) is 0 Å². The number of hydrogen-bond acceptors (Lipinski definition) is 3. The van der Waals surface area contributed by atoms with Gasteiger partial charge in [0.15, 0.2) is 0 Å². The first-order valence-corrected chi connectivity index (χ1v) is 6.88. The lowest BCUT2D eigenvalue weighted by Gasteiger charge is -2.12. The Morgan fingerprint density at radius 1 is 1.16 bits per heavy atom. The maximum Gasteiger partial charge on any atom is 0.306 e. The Hall–Kier alpha value is -1.39. The molecule has 5 N–H and O–H groups in total. The number of carbonyl (C=O) groups is 1. The Morgan fingerprint density at radius 3 is 2.53 bits per heavy atom. The normalized spacial score (nSPS) is 12.3. The predicted octanol–water partition coefficient (Wildman–Crippen LogP) is 1.56. The van der Waals surface area contributed by atoms with Gasteiger partial charge >= 0.3 is 5.97 Å². The standard InChI is InChI=1S/C15H24N2O2/c16-8-2-1-4-12-5-3-6-13(10-12)11-14(7-9-17)15(18)19/h3,5-6,10,14H,1-2,4,7-9,11,16-17H2,(H,18,19). The third kappa shape index (κ3) is 5.85. The van der Waals surface area contributed by atoms with Crippen LogP contribution < -0.4 is 11.5 Å². The smallest absolute Gasteiger partial charge is 0.306 e. The summed E-state index contributed by atoms with van der Waals surface area (Å²) >= 11 is 0. The number of rotatable bonds is 9. The van der Waals surface area contributed by atoms with Crippen molar-refractivity contribution in [2.45, 2.75) is 32.1 Å². The Balaban J connectivity index is 2.61. The van der Waals surface area contributed by atoms with Crippen molar-refractivity contribution >= 4 is 5.97 Å². The van der Waals surface area contributed by atoms with E-state index in [1.807, 2.05) is 12.1 Å². The third-order valence-corrected chi connectivity index (χ3v) is 3.26. The van der Waals surface area contributed by atoms with E-state index in [2.05, 4.69) is 12.1 Å². The monoisotopic (exact) mass is 264 g/mol. The zero-order chi connectivity index (χ0) is 14.1. The molecule has 19 heavy (non-hydrogen) atoms. The zero-order valence-electron chi connectivity index (χ0n) is 11.3. The van der Waals surface area contributed by atoms with Gasteiger partial charge in [-0.3, -0.25) is 4.79 Å². The van der Waals surface area contributed by atoms with Gasteiger partial charge in [0.2, 0.25) is 0 Å². The Morgan fingerprint density at radius 2 is 1.89 bits per heavy atom. The molecule has 0 aliphatic rings. The number of aryl methyl sites for hydroxylation is 1. The van der Waals surface area contributed by atoms with E-state index in [0.29, 0.717) is 19.4 Å². The minimum atomic E-state index is -0.765. The van der Waals surface area contributed by atoms with E-state index in [0.717, 1.165) is 31.4 Å². The molecule has 0 saturated heterocycles. The van der Waals surface area contributed by atoms with Gasteiger partial charge in [0.1, 0.15) is 0 Å². The van der Waals surface area contributed by atoms with Gasteiger partial charge in [-0.2, -0.15) is 0 Å². The van der Waals surface area contributed by atoms with Crippen LogP contribution in [0, 0.1) is 5.92 Å². The summed E-state index contributed by atoms with van der Waals surface area (Å²) in [6, 6.07) is 8.16. The molecule has 0 aromatic heterocycles. The van der Waals surface area contributed by atoms with Gasteiger partial charge in [0.25, 0.3) is 0 Å². The molecule has 1 rings (SSSR count). The van der Waals surface area contributed by atoms with Gasteiger partial charge in [0, 0.05) is 0 Å². The number of benzene rings is 1. The topological polar surface area (TPSA) is 89.3 Å². The Labute approximate surface area is 114 Å². The molecule has 0 amide bonds. The second-order valence-corrected chi connectivity index (χ2v) is 4.88. The second kappa shape index (κ2) is 8.67. The molecule has 0 aliphatic carbocycles. The summed E-state index contributed by atoms with van der Waals surface area (Å²) < 4.78 is 0. The van der Waals surface area contributed by atoms with Crippen LogP contribution in [0.3, 0.4) is 0 Å². The zero-order valence-corrected chi connectivity index (χ0v) is 11.3. The van der Waals surface area contributed by atoms with E-state index in [4.69, 9.17) is 16.6 Å². The molecule has 0 radical (unpaired) electrons. The molecule has 1 aromatic rings. The highest BCUT2D eigenvalue weighted by Crippen LogP contribution is 2.15. The van der Waals surface area contributed by atoms with Crippen LogP contribution in [0.4, 0.5) is 0 Å². The highest BCUT2D eigenvalue weighted by atomic mass is 16.4. The van der Waals surface area contributed by atoms with Gasteiger partial charge in [-0.25, -0.2) is 0 Å². The summed E-state index contributed by atoms with van der Waals surface area (Å²) in [5.74, 6) is -1.15. The van der Waals surface area contributed by atoms with Crippen molar-refractivity contribution in [3.8, 4) is 0 Å². The molecule has 1 unspecified atom stereocenters. The average Bonchev–Trinajstić information content (AvgIpc) is 2.39. The maximum absolute atomic E-state index is 11.1. The van der Waals surface area contributed by atoms with Crippen LogP contribution in [-0.4, -0.2) is 24.2 Å². The first-order chi connectivity index (χ1) is 9.17. The fraction of sp³-hybridized carbons (Fsp3) is 0.533. The summed E-state index contributed by atoms with van der Waals surface area (Å²) in [5.41, 5.74) is 13.3. The molecule has 4 heteroatoms. The molecular weight excluding hydrogens is 240 g/mol. The molecule has 106 valence electrons. The molecule has 0 saturated carbocycles. The molecule has 1 atom stereocenters. The molecule has 4 nitrogen and oxygen atoms in total. The lowest BCUT2D eigenvalue weighted by Crippen LogP contribution is -2.20. The summed E-state index contributed by atoms with van der Waals surface area (Å²) in [6.07, 6.45) is 4.17. The fourth-order valence-electron chi connectivity index (χ4n) is 2.18. The number of nitrogens with two attached hydrogens (primary N) is 2. The Kier molecular flexibility index (Phi) is 7.15. The quantitative estimate of drug-likeness (QED) is 0.590. The number of carboxylic acid groups (broad SMARTS) is 1. The number of carboxylic acids is 1. The minimum Gasteiger partial charge on any atom is -0.481 e. The maximum atomic E-state index is 11.1. The molecule has 0 aliphatic heterocycles. The first kappa shape index (κ1) is 15.7. The molecule has 0 heterocycles. The SMILES string of the molecule is NCCCCc1cccc(CC(CCN)C(=O)O)c1. The van der Waals surface area contributed by atoms with Crippen LogP contribution in [0.2, 0.25) is 0 Å². The highest BCUT2D eigenvalue weighted by molar-refractivity contribution is 5.70. The van der Waals surface area contributed by atoms with E-state index in [-0.39, 0.29) is 5.92 Å². The molecular formula is C15H24N2O2. The van der Waals surface area contributed by atoms with Crippen LogP contribution in [0.25, 0.3) is 0 Å². The van der Waals surface area contributed by atoms with Crippen molar-refractivity contribution < 1.29 is 9.90 Å². The molecule has 1 aromatic carbocycles. The second-order valence-electron chi connectivity index (χ2n) is 4.88. The van der Waals surface area contributed by atoms with Crippen LogP contribution in [0.15, 0.2) is 24.3 Å². The van der Waals surface area contributed by atoms with Crippen LogP contribution in [0.1, 0.15) is 30.4 Å². The lowest BCUT2D eigenvalue weighted by molar-refractivity contribution is -0.141. The van der Waals surface area contributed by atoms with E-state index >= 15 is 0 Å². The first-order valence-electron chi connectivity index (χ1n) is 6.88. The molecule has 0 bridgehead atoms. The van der Waals surface area contributed by atoms with Gasteiger partial charge in [-0.1, -0.05) is 24.3 Å². The Bertz CT molecular complexity index is 393. The summed E-state index contributed by atoms with van der Waals surface area (Å²) in [5, 5.41) is 9.14. The van der Waals surface area contributed by atoms with E-state index in [1.165, 1.54) is 5.56 Å². The summed E-state index contributed by atoms with van der Waals surface area (Å²) in [4.78, 5) is 11.1.